The van der Waals surface area contributed by atoms with Crippen molar-refractivity contribution >= 4 is 17.5 Å². The van der Waals surface area contributed by atoms with Crippen molar-refractivity contribution in [2.75, 3.05) is 43.1 Å². The van der Waals surface area contributed by atoms with E-state index in [1.165, 1.54) is 0 Å². The third kappa shape index (κ3) is 6.61. The van der Waals surface area contributed by atoms with Crippen molar-refractivity contribution in [2.45, 2.75) is 33.3 Å². The van der Waals surface area contributed by atoms with Crippen LogP contribution in [0.3, 0.4) is 0 Å². The van der Waals surface area contributed by atoms with E-state index in [-0.39, 0.29) is 0 Å². The number of nitrogens with zero attached hydrogens (tertiary/aromatic N) is 5. The van der Waals surface area contributed by atoms with Crippen LogP contribution in [0.2, 0.25) is 0 Å². The molecule has 9 nitrogen and oxygen atoms in total. The lowest BCUT2D eigenvalue weighted by Gasteiger charge is -2.31. The van der Waals surface area contributed by atoms with Crippen LogP contribution in [0, 0.1) is 0 Å². The molecule has 1 N–H and O–H groups in total. The van der Waals surface area contributed by atoms with Crippen LogP contribution in [-0.4, -0.2) is 52.8 Å². The summed E-state index contributed by atoms with van der Waals surface area (Å²) in [6, 6.07) is 19.7. The van der Waals surface area contributed by atoms with Gasteiger partial charge in [0.05, 0.1) is 25.4 Å². The van der Waals surface area contributed by atoms with Crippen molar-refractivity contribution in [3.05, 3.63) is 78.0 Å². The highest BCUT2D eigenvalue weighted by Crippen LogP contribution is 2.34. The number of anilines is 3. The highest BCUT2D eigenvalue weighted by atomic mass is 16.5. The first-order valence-electron chi connectivity index (χ1n) is 13.6. The number of rotatable bonds is 7. The molecular weight excluding hydrogens is 492 g/mol. The van der Waals surface area contributed by atoms with Crippen molar-refractivity contribution in [1.82, 2.24) is 19.9 Å². The third-order valence-corrected chi connectivity index (χ3v) is 6.33. The molecule has 39 heavy (non-hydrogen) atoms. The van der Waals surface area contributed by atoms with Crippen LogP contribution in [0.4, 0.5) is 17.5 Å². The minimum absolute atomic E-state index is 0.447. The Hall–Kier alpha value is -4.24. The molecule has 1 fully saturated rings. The van der Waals surface area contributed by atoms with Crippen molar-refractivity contribution in [2.24, 2.45) is 0 Å². The highest BCUT2D eigenvalue weighted by Gasteiger charge is 2.24. The summed E-state index contributed by atoms with van der Waals surface area (Å²) in [5, 5.41) is 3.24. The minimum Gasteiger partial charge on any atom is -0.477 e. The summed E-state index contributed by atoms with van der Waals surface area (Å²) in [4.78, 5) is 20.8. The van der Waals surface area contributed by atoms with E-state index < -0.39 is 0 Å². The number of hydrogen-bond donors (Lipinski definition) is 1. The van der Waals surface area contributed by atoms with Crippen LogP contribution in [0.5, 0.6) is 11.8 Å². The lowest BCUT2D eigenvalue weighted by molar-refractivity contribution is 0.122. The Morgan fingerprint density at radius 2 is 1.69 bits per heavy atom. The number of nitrogens with one attached hydrogen (secondary N) is 1. The van der Waals surface area contributed by atoms with Gasteiger partial charge in [0.25, 0.3) is 0 Å². The third-order valence-electron chi connectivity index (χ3n) is 6.33. The first-order chi connectivity index (χ1) is 19.3. The smallest absolute Gasteiger partial charge is 0.230 e. The van der Waals surface area contributed by atoms with E-state index in [1.54, 1.807) is 12.3 Å². The van der Waals surface area contributed by atoms with Gasteiger partial charge in [-0.25, -0.2) is 9.97 Å². The van der Waals surface area contributed by atoms with Gasteiger partial charge in [-0.3, -0.25) is 0 Å². The minimum atomic E-state index is 0.447. The maximum absolute atomic E-state index is 5.93. The van der Waals surface area contributed by atoms with Gasteiger partial charge in [0.2, 0.25) is 17.7 Å². The molecule has 0 amide bonds. The van der Waals surface area contributed by atoms with E-state index >= 15 is 0 Å². The maximum Gasteiger partial charge on any atom is 0.230 e. The van der Waals surface area contributed by atoms with Gasteiger partial charge in [-0.15, -0.1) is 0 Å². The molecule has 0 radical (unpaired) electrons. The molecule has 9 heteroatoms. The Morgan fingerprint density at radius 1 is 0.897 bits per heavy atom. The predicted octanol–water partition coefficient (Wildman–Crippen LogP) is 5.44. The number of benzene rings is 2. The van der Waals surface area contributed by atoms with Gasteiger partial charge in [0.1, 0.15) is 12.4 Å². The lowest BCUT2D eigenvalue weighted by Crippen LogP contribution is -2.38. The molecular formula is C30H34N6O3. The number of fused-ring (bicyclic) bond motifs is 1. The summed E-state index contributed by atoms with van der Waals surface area (Å²) < 4.78 is 17.3. The zero-order valence-electron chi connectivity index (χ0n) is 22.5. The normalized spacial score (nSPS) is 14.4. The Balaban J connectivity index is 0.00000151. The monoisotopic (exact) mass is 526 g/mol. The first kappa shape index (κ1) is 26.4. The average Bonchev–Trinajstić information content (AvgIpc) is 3.02. The number of hydrogen-bond acceptors (Lipinski definition) is 9. The van der Waals surface area contributed by atoms with E-state index in [1.807, 2.05) is 68.4 Å². The Kier molecular flexibility index (Phi) is 8.80. The van der Waals surface area contributed by atoms with Gasteiger partial charge in [0.15, 0.2) is 5.82 Å². The van der Waals surface area contributed by atoms with Gasteiger partial charge in [-0.1, -0.05) is 44.2 Å². The molecule has 0 atom stereocenters. The molecule has 2 aliphatic rings. The van der Waals surface area contributed by atoms with Gasteiger partial charge < -0.3 is 24.4 Å². The molecule has 0 unspecified atom stereocenters. The second-order valence-corrected chi connectivity index (χ2v) is 8.90. The molecule has 4 aromatic rings. The second-order valence-electron chi connectivity index (χ2n) is 8.90. The highest BCUT2D eigenvalue weighted by molar-refractivity contribution is 5.66. The quantitative estimate of drug-likeness (QED) is 0.338. The molecule has 2 aromatic heterocycles. The first-order valence-corrected chi connectivity index (χ1v) is 13.6. The fourth-order valence-electron chi connectivity index (χ4n) is 4.42. The van der Waals surface area contributed by atoms with Crippen molar-refractivity contribution in [3.8, 4) is 23.1 Å². The van der Waals surface area contributed by atoms with E-state index in [0.717, 1.165) is 54.1 Å². The summed E-state index contributed by atoms with van der Waals surface area (Å²) in [5.41, 5.74) is 3.95. The van der Waals surface area contributed by atoms with Crippen molar-refractivity contribution in [1.29, 1.82) is 0 Å². The van der Waals surface area contributed by atoms with E-state index in [2.05, 4.69) is 20.2 Å². The van der Waals surface area contributed by atoms with Crippen LogP contribution in [0.15, 0.2) is 66.9 Å². The van der Waals surface area contributed by atoms with Crippen LogP contribution in [-0.2, 0) is 17.8 Å². The molecule has 0 saturated carbocycles. The SMILES string of the molecule is CC.c1ccc(COc2ccnc(Nc3ccc(-c4nc5c(c(N6CCOCC6)n4)CCCO5)cc3)n2)cc1. The topological polar surface area (TPSA) is 94.5 Å². The molecule has 4 heterocycles. The molecule has 202 valence electrons. The zero-order valence-corrected chi connectivity index (χ0v) is 22.5. The summed E-state index contributed by atoms with van der Waals surface area (Å²) >= 11 is 0. The Bertz CT molecular complexity index is 1340. The fourth-order valence-corrected chi connectivity index (χ4v) is 4.42. The van der Waals surface area contributed by atoms with Crippen molar-refractivity contribution in [3.63, 3.8) is 0 Å². The van der Waals surface area contributed by atoms with Crippen LogP contribution in [0.1, 0.15) is 31.4 Å². The van der Waals surface area contributed by atoms with Crippen molar-refractivity contribution < 1.29 is 14.2 Å². The largest absolute Gasteiger partial charge is 0.477 e. The zero-order chi connectivity index (χ0) is 26.9. The summed E-state index contributed by atoms with van der Waals surface area (Å²) in [6.45, 7) is 8.18. The molecule has 6 rings (SSSR count). The molecule has 0 spiro atoms. The van der Waals surface area contributed by atoms with E-state index in [0.29, 0.717) is 50.0 Å². The molecule has 1 saturated heterocycles. The number of aromatic nitrogens is 4. The lowest BCUT2D eigenvalue weighted by atomic mass is 10.1. The van der Waals surface area contributed by atoms with E-state index in [9.17, 15) is 0 Å². The Labute approximate surface area is 229 Å². The maximum atomic E-state index is 5.93. The van der Waals surface area contributed by atoms with Crippen LogP contribution >= 0.6 is 0 Å². The van der Waals surface area contributed by atoms with Gasteiger partial charge in [0, 0.05) is 36.6 Å². The standard InChI is InChI=1S/C28H28N6O3.C2H6/c1-2-5-20(6-3-1)19-37-24-12-13-29-28(31-24)30-22-10-8-21(9-11-22)25-32-26(34-14-17-35-18-15-34)23-7-4-16-36-27(23)33-25;1-2/h1-3,5-6,8-13H,4,7,14-19H2,(H,29,30,31);1-2H3. The second kappa shape index (κ2) is 13.0. The van der Waals surface area contributed by atoms with Crippen LogP contribution < -0.4 is 19.7 Å². The molecule has 0 aliphatic carbocycles. The Morgan fingerprint density at radius 3 is 2.49 bits per heavy atom. The molecule has 2 aliphatic heterocycles. The van der Waals surface area contributed by atoms with Gasteiger partial charge in [-0.2, -0.15) is 9.97 Å². The summed E-state index contributed by atoms with van der Waals surface area (Å²) in [5.74, 6) is 3.29. The van der Waals surface area contributed by atoms with Gasteiger partial charge >= 0.3 is 0 Å². The van der Waals surface area contributed by atoms with Crippen LogP contribution in [0.25, 0.3) is 11.4 Å². The number of morpholine rings is 1. The summed E-state index contributed by atoms with van der Waals surface area (Å²) in [6.07, 6.45) is 3.59. The predicted molar refractivity (Wildman–Crippen MR) is 152 cm³/mol. The van der Waals surface area contributed by atoms with E-state index in [4.69, 9.17) is 24.2 Å². The number of ether oxygens (including phenoxy) is 3. The molecule has 0 bridgehead atoms. The fraction of sp³-hybridized carbons (Fsp3) is 0.333. The summed E-state index contributed by atoms with van der Waals surface area (Å²) in [7, 11) is 0. The van der Waals surface area contributed by atoms with Gasteiger partial charge in [-0.05, 0) is 42.7 Å². The molecule has 2 aromatic carbocycles. The average molecular weight is 527 g/mol.